The summed E-state index contributed by atoms with van der Waals surface area (Å²) in [5.41, 5.74) is 1.71. The minimum atomic E-state index is -0.980. The van der Waals surface area contributed by atoms with Gasteiger partial charge in [0.1, 0.15) is 0 Å². The van der Waals surface area contributed by atoms with Crippen molar-refractivity contribution in [3.05, 3.63) is 48.0 Å². The second-order valence-electron chi connectivity index (χ2n) is 6.05. The number of hydrogen-bond acceptors (Lipinski definition) is 5. The molecule has 2 aromatic rings. The molecule has 0 bridgehead atoms. The van der Waals surface area contributed by atoms with Crippen molar-refractivity contribution in [3.8, 4) is 11.5 Å². The summed E-state index contributed by atoms with van der Waals surface area (Å²) in [6.45, 7) is 5.80. The normalized spacial score (nSPS) is 10.5. The minimum Gasteiger partial charge on any atom is -0.490 e. The van der Waals surface area contributed by atoms with Crippen molar-refractivity contribution in [1.29, 1.82) is 0 Å². The molecule has 0 saturated heterocycles. The van der Waals surface area contributed by atoms with E-state index in [1.807, 2.05) is 24.9 Å². The average molecular weight is 357 g/mol. The maximum atomic E-state index is 11.9. The van der Waals surface area contributed by atoms with E-state index in [2.05, 4.69) is 0 Å². The number of esters is 1. The molecule has 0 aromatic heterocycles. The molecule has 0 heterocycles. The first-order valence-corrected chi connectivity index (χ1v) is 8.39. The van der Waals surface area contributed by atoms with Gasteiger partial charge >= 0.3 is 11.9 Å². The largest absolute Gasteiger partial charge is 0.490 e. The smallest absolute Gasteiger partial charge is 0.335 e. The van der Waals surface area contributed by atoms with Crippen molar-refractivity contribution in [2.24, 2.45) is 5.92 Å². The molecule has 0 radical (unpaired) electrons. The lowest BCUT2D eigenvalue weighted by atomic mass is 10.1. The fraction of sp³-hybridized carbons (Fsp3) is 0.300. The first-order chi connectivity index (χ1) is 12.3. The molecule has 0 saturated carbocycles. The van der Waals surface area contributed by atoms with Gasteiger partial charge in [0, 0.05) is 24.5 Å². The third-order valence-electron chi connectivity index (χ3n) is 3.78. The quantitative estimate of drug-likeness (QED) is 0.593. The van der Waals surface area contributed by atoms with E-state index in [4.69, 9.17) is 14.6 Å². The summed E-state index contributed by atoms with van der Waals surface area (Å²) < 4.78 is 11.0. The lowest BCUT2D eigenvalue weighted by molar-refractivity contribution is -0.137. The zero-order chi connectivity index (χ0) is 19.3. The number of carboxylic acid groups (broad SMARTS) is 1. The van der Waals surface area contributed by atoms with Crippen LogP contribution in [0.3, 0.4) is 0 Å². The van der Waals surface area contributed by atoms with E-state index >= 15 is 0 Å². The van der Waals surface area contributed by atoms with Crippen LogP contribution in [0.1, 0.15) is 31.1 Å². The molecule has 26 heavy (non-hydrogen) atoms. The molecule has 0 spiro atoms. The van der Waals surface area contributed by atoms with E-state index in [1.165, 1.54) is 0 Å². The molecular formula is C20H23NO5. The number of anilines is 2. The zero-order valence-electron chi connectivity index (χ0n) is 15.4. The second kappa shape index (κ2) is 8.38. The molecule has 6 heteroatoms. The lowest BCUT2D eigenvalue weighted by Gasteiger charge is -2.21. The summed E-state index contributed by atoms with van der Waals surface area (Å²) in [6.07, 6.45) is 0. The molecule has 2 rings (SSSR count). The van der Waals surface area contributed by atoms with E-state index in [9.17, 15) is 9.59 Å². The Morgan fingerprint density at radius 1 is 1.08 bits per heavy atom. The Kier molecular flexibility index (Phi) is 6.22. The van der Waals surface area contributed by atoms with Gasteiger partial charge in [0.15, 0.2) is 11.5 Å². The number of aromatic carboxylic acids is 1. The fourth-order valence-electron chi connectivity index (χ4n) is 2.28. The molecule has 0 aliphatic heterocycles. The van der Waals surface area contributed by atoms with E-state index in [0.29, 0.717) is 18.1 Å². The van der Waals surface area contributed by atoms with Gasteiger partial charge in [-0.25, -0.2) is 4.79 Å². The Hall–Kier alpha value is -3.02. The Balaban J connectivity index is 2.34. The highest BCUT2D eigenvalue weighted by molar-refractivity contribution is 5.89. The molecule has 0 amide bonds. The van der Waals surface area contributed by atoms with Crippen LogP contribution < -0.4 is 14.4 Å². The van der Waals surface area contributed by atoms with Crippen LogP contribution in [0.2, 0.25) is 0 Å². The van der Waals surface area contributed by atoms with Crippen molar-refractivity contribution in [2.75, 3.05) is 18.6 Å². The molecule has 0 unspecified atom stereocenters. The van der Waals surface area contributed by atoms with Crippen LogP contribution in [-0.4, -0.2) is 30.7 Å². The number of carbonyl (C=O) groups is 2. The Morgan fingerprint density at radius 3 is 2.38 bits per heavy atom. The maximum absolute atomic E-state index is 11.9. The number of nitrogens with zero attached hydrogens (tertiary/aromatic N) is 1. The Labute approximate surface area is 153 Å². The van der Waals surface area contributed by atoms with Crippen LogP contribution >= 0.6 is 0 Å². The SMILES string of the molecule is CCOc1cc(N(C)c2cccc(C(=O)O)c2)ccc1OC(=O)C(C)C. The number of carbonyl (C=O) groups excluding carboxylic acids is 1. The third-order valence-corrected chi connectivity index (χ3v) is 3.78. The van der Waals surface area contributed by atoms with Crippen LogP contribution in [0.4, 0.5) is 11.4 Å². The minimum absolute atomic E-state index is 0.210. The van der Waals surface area contributed by atoms with Gasteiger partial charge in [-0.15, -0.1) is 0 Å². The molecular weight excluding hydrogens is 334 g/mol. The molecule has 6 nitrogen and oxygen atoms in total. The molecule has 0 aliphatic carbocycles. The van der Waals surface area contributed by atoms with Crippen LogP contribution in [0.15, 0.2) is 42.5 Å². The number of benzene rings is 2. The number of carboxylic acids is 1. The van der Waals surface area contributed by atoms with Crippen molar-refractivity contribution in [1.82, 2.24) is 0 Å². The average Bonchev–Trinajstić information content (AvgIpc) is 2.62. The Bertz CT molecular complexity index is 801. The number of hydrogen-bond donors (Lipinski definition) is 1. The summed E-state index contributed by atoms with van der Waals surface area (Å²) in [5, 5.41) is 9.15. The number of rotatable bonds is 7. The lowest BCUT2D eigenvalue weighted by Crippen LogP contribution is -2.16. The van der Waals surface area contributed by atoms with Gasteiger partial charge in [-0.3, -0.25) is 4.79 Å². The topological polar surface area (TPSA) is 76.1 Å². The first-order valence-electron chi connectivity index (χ1n) is 8.39. The number of ether oxygens (including phenoxy) is 2. The van der Waals surface area contributed by atoms with Gasteiger partial charge in [0.2, 0.25) is 0 Å². The van der Waals surface area contributed by atoms with Gasteiger partial charge in [-0.1, -0.05) is 19.9 Å². The molecule has 0 aliphatic rings. The van der Waals surface area contributed by atoms with Crippen molar-refractivity contribution in [3.63, 3.8) is 0 Å². The van der Waals surface area contributed by atoms with Crippen LogP contribution in [-0.2, 0) is 4.79 Å². The summed E-state index contributed by atoms with van der Waals surface area (Å²) >= 11 is 0. The maximum Gasteiger partial charge on any atom is 0.335 e. The fourth-order valence-corrected chi connectivity index (χ4v) is 2.28. The predicted octanol–water partition coefficient (Wildman–Crippen LogP) is 4.11. The molecule has 138 valence electrons. The highest BCUT2D eigenvalue weighted by Gasteiger charge is 2.16. The van der Waals surface area contributed by atoms with Gasteiger partial charge in [-0.05, 0) is 37.3 Å². The summed E-state index contributed by atoms with van der Waals surface area (Å²) in [5.74, 6) is -0.736. The van der Waals surface area contributed by atoms with Crippen LogP contribution in [0.25, 0.3) is 0 Å². The molecule has 0 fully saturated rings. The van der Waals surface area contributed by atoms with Gasteiger partial charge < -0.3 is 19.5 Å². The molecule has 0 atom stereocenters. The van der Waals surface area contributed by atoms with Crippen LogP contribution in [0.5, 0.6) is 11.5 Å². The van der Waals surface area contributed by atoms with E-state index in [-0.39, 0.29) is 17.5 Å². The highest BCUT2D eigenvalue weighted by atomic mass is 16.6. The van der Waals surface area contributed by atoms with Crippen molar-refractivity contribution < 1.29 is 24.2 Å². The molecule has 2 aromatic carbocycles. The standard InChI is InChI=1S/C20H23NO5/c1-5-25-18-12-16(9-10-17(18)26-20(24)13(2)3)21(4)15-8-6-7-14(11-15)19(22)23/h6-13H,5H2,1-4H3,(H,22,23). The molecule has 1 N–H and O–H groups in total. The predicted molar refractivity (Wildman–Crippen MR) is 99.5 cm³/mol. The van der Waals surface area contributed by atoms with Crippen LogP contribution in [0, 0.1) is 5.92 Å². The van der Waals surface area contributed by atoms with Gasteiger partial charge in [0.05, 0.1) is 18.1 Å². The van der Waals surface area contributed by atoms with Crippen molar-refractivity contribution in [2.45, 2.75) is 20.8 Å². The zero-order valence-corrected chi connectivity index (χ0v) is 15.4. The summed E-state index contributed by atoms with van der Waals surface area (Å²) in [6, 6.07) is 11.9. The monoisotopic (exact) mass is 357 g/mol. The Morgan fingerprint density at radius 2 is 1.77 bits per heavy atom. The summed E-state index contributed by atoms with van der Waals surface area (Å²) in [4.78, 5) is 24.9. The van der Waals surface area contributed by atoms with Gasteiger partial charge in [-0.2, -0.15) is 0 Å². The summed E-state index contributed by atoms with van der Waals surface area (Å²) in [7, 11) is 1.83. The van der Waals surface area contributed by atoms with Gasteiger partial charge in [0.25, 0.3) is 0 Å². The first kappa shape index (κ1) is 19.3. The van der Waals surface area contributed by atoms with E-state index in [1.54, 1.807) is 50.2 Å². The highest BCUT2D eigenvalue weighted by Crippen LogP contribution is 2.34. The second-order valence-corrected chi connectivity index (χ2v) is 6.05. The van der Waals surface area contributed by atoms with E-state index < -0.39 is 5.97 Å². The van der Waals surface area contributed by atoms with Crippen molar-refractivity contribution >= 4 is 23.3 Å². The van der Waals surface area contributed by atoms with E-state index in [0.717, 1.165) is 11.4 Å². The third kappa shape index (κ3) is 4.53.